The van der Waals surface area contributed by atoms with Gasteiger partial charge in [0.1, 0.15) is 6.04 Å². The number of halogens is 2. The average molecular weight is 449 g/mol. The highest BCUT2D eigenvalue weighted by Gasteiger charge is 2.28. The maximum Gasteiger partial charge on any atom is 0.242 e. The molecule has 0 aliphatic carbocycles. The Morgan fingerprint density at radius 3 is 2.30 bits per heavy atom. The summed E-state index contributed by atoms with van der Waals surface area (Å²) in [7, 11) is 0. The van der Waals surface area contributed by atoms with E-state index in [-0.39, 0.29) is 11.8 Å². The molecule has 0 bridgehead atoms. The highest BCUT2D eigenvalue weighted by Crippen LogP contribution is 2.24. The topological polar surface area (TPSA) is 49.4 Å². The molecule has 2 aromatic carbocycles. The largest absolute Gasteiger partial charge is 0.354 e. The molecule has 1 atom stereocenters. The monoisotopic (exact) mass is 448 g/mol. The van der Waals surface area contributed by atoms with Crippen LogP contribution in [-0.2, 0) is 22.6 Å². The second kappa shape index (κ2) is 12.0. The predicted octanol–water partition coefficient (Wildman–Crippen LogP) is 5.51. The van der Waals surface area contributed by atoms with Crippen molar-refractivity contribution in [2.45, 2.75) is 52.6 Å². The molecule has 0 aliphatic rings. The van der Waals surface area contributed by atoms with Crippen LogP contribution in [-0.4, -0.2) is 29.3 Å². The van der Waals surface area contributed by atoms with Gasteiger partial charge in [0.05, 0.1) is 10.0 Å². The van der Waals surface area contributed by atoms with Crippen molar-refractivity contribution in [3.8, 4) is 0 Å². The van der Waals surface area contributed by atoms with E-state index in [2.05, 4.69) is 5.32 Å². The van der Waals surface area contributed by atoms with Crippen molar-refractivity contribution in [1.29, 1.82) is 0 Å². The molecule has 0 radical (unpaired) electrons. The average Bonchev–Trinajstić information content (AvgIpc) is 2.73. The lowest BCUT2D eigenvalue weighted by molar-refractivity contribution is -0.141. The Bertz CT molecular complexity index is 840. The maximum absolute atomic E-state index is 13.2. The second-order valence-electron chi connectivity index (χ2n) is 7.82. The molecule has 2 aromatic rings. The quantitative estimate of drug-likeness (QED) is 0.520. The van der Waals surface area contributed by atoms with Crippen molar-refractivity contribution in [1.82, 2.24) is 10.2 Å². The first kappa shape index (κ1) is 24.2. The third-order valence-electron chi connectivity index (χ3n) is 4.88. The van der Waals surface area contributed by atoms with Crippen molar-refractivity contribution in [3.05, 3.63) is 69.7 Å². The van der Waals surface area contributed by atoms with E-state index < -0.39 is 6.04 Å². The van der Waals surface area contributed by atoms with Gasteiger partial charge < -0.3 is 10.2 Å². The van der Waals surface area contributed by atoms with E-state index in [1.54, 1.807) is 17.0 Å². The summed E-state index contributed by atoms with van der Waals surface area (Å²) in [5.74, 6) is 0.152. The number of carbonyl (C=O) groups excluding carboxylic acids is 2. The van der Waals surface area contributed by atoms with Crippen molar-refractivity contribution >= 4 is 35.0 Å². The number of amides is 2. The van der Waals surface area contributed by atoms with E-state index in [1.165, 1.54) is 0 Å². The van der Waals surface area contributed by atoms with Crippen LogP contribution in [0.1, 0.15) is 44.7 Å². The molecule has 0 aliphatic heterocycles. The molecule has 1 N–H and O–H groups in total. The van der Waals surface area contributed by atoms with Crippen LogP contribution in [0.2, 0.25) is 10.0 Å². The van der Waals surface area contributed by atoms with Crippen LogP contribution in [0, 0.1) is 5.92 Å². The Balaban J connectivity index is 2.21. The Morgan fingerprint density at radius 2 is 1.70 bits per heavy atom. The van der Waals surface area contributed by atoms with Gasteiger partial charge in [-0.2, -0.15) is 0 Å². The molecule has 0 fully saturated rings. The van der Waals surface area contributed by atoms with Gasteiger partial charge in [-0.1, -0.05) is 80.4 Å². The summed E-state index contributed by atoms with van der Waals surface area (Å²) in [6.07, 6.45) is 1.49. The number of nitrogens with zero attached hydrogens (tertiary/aromatic N) is 1. The van der Waals surface area contributed by atoms with Crippen molar-refractivity contribution in [2.24, 2.45) is 5.92 Å². The molecule has 4 nitrogen and oxygen atoms in total. The number of hydrogen-bond acceptors (Lipinski definition) is 2. The Hall–Kier alpha value is -2.04. The zero-order valence-electron chi connectivity index (χ0n) is 17.8. The molecule has 162 valence electrons. The molecule has 1 unspecified atom stereocenters. The number of carbonyl (C=O) groups is 2. The summed E-state index contributed by atoms with van der Waals surface area (Å²) in [6.45, 7) is 6.89. The third-order valence-corrected chi connectivity index (χ3v) is 5.62. The fraction of sp³-hybridized carbons (Fsp3) is 0.417. The summed E-state index contributed by atoms with van der Waals surface area (Å²) in [6, 6.07) is 14.6. The van der Waals surface area contributed by atoms with Gasteiger partial charge in [-0.25, -0.2) is 0 Å². The molecule has 0 aromatic heterocycles. The summed E-state index contributed by atoms with van der Waals surface area (Å²) >= 11 is 12.2. The molecule has 30 heavy (non-hydrogen) atoms. The Kier molecular flexibility index (Phi) is 9.67. The minimum Gasteiger partial charge on any atom is -0.354 e. The van der Waals surface area contributed by atoms with Gasteiger partial charge in [-0.05, 0) is 42.0 Å². The van der Waals surface area contributed by atoms with Crippen LogP contribution in [0.5, 0.6) is 0 Å². The van der Waals surface area contributed by atoms with Crippen LogP contribution in [0.25, 0.3) is 0 Å². The van der Waals surface area contributed by atoms with Gasteiger partial charge in [-0.15, -0.1) is 0 Å². The van der Waals surface area contributed by atoms with Crippen LogP contribution in [0.3, 0.4) is 0 Å². The van der Waals surface area contributed by atoms with Crippen LogP contribution >= 0.6 is 23.2 Å². The van der Waals surface area contributed by atoms with E-state index in [4.69, 9.17) is 23.2 Å². The molecule has 0 saturated carbocycles. The predicted molar refractivity (Wildman–Crippen MR) is 124 cm³/mol. The molecular formula is C24H30Cl2N2O2. The number of benzene rings is 2. The Labute approximate surface area is 189 Å². The molecule has 0 spiro atoms. The highest BCUT2D eigenvalue weighted by atomic mass is 35.5. The minimum atomic E-state index is -0.540. The maximum atomic E-state index is 13.2. The zero-order chi connectivity index (χ0) is 22.1. The number of hydrogen-bond donors (Lipinski definition) is 1. The van der Waals surface area contributed by atoms with Crippen LogP contribution in [0.4, 0.5) is 0 Å². The molecule has 2 amide bonds. The summed E-state index contributed by atoms with van der Waals surface area (Å²) in [4.78, 5) is 27.7. The lowest BCUT2D eigenvalue weighted by Gasteiger charge is -2.31. The Morgan fingerprint density at radius 1 is 1.00 bits per heavy atom. The second-order valence-corrected chi connectivity index (χ2v) is 8.63. The summed E-state index contributed by atoms with van der Waals surface area (Å²) < 4.78 is 0. The van der Waals surface area contributed by atoms with Gasteiger partial charge in [0, 0.05) is 19.5 Å². The van der Waals surface area contributed by atoms with Crippen molar-refractivity contribution in [3.63, 3.8) is 0 Å². The number of aryl methyl sites for hydroxylation is 1. The van der Waals surface area contributed by atoms with Crippen molar-refractivity contribution < 1.29 is 9.59 Å². The van der Waals surface area contributed by atoms with Gasteiger partial charge in [-0.3, -0.25) is 9.59 Å². The molecule has 0 saturated heterocycles. The van der Waals surface area contributed by atoms with E-state index in [9.17, 15) is 9.59 Å². The normalized spacial score (nSPS) is 11.9. The van der Waals surface area contributed by atoms with E-state index in [1.807, 2.05) is 57.2 Å². The molecule has 6 heteroatoms. The van der Waals surface area contributed by atoms with Gasteiger partial charge in [0.25, 0.3) is 0 Å². The molecule has 0 heterocycles. The number of nitrogens with one attached hydrogen (secondary N) is 1. The third kappa shape index (κ3) is 7.33. The summed E-state index contributed by atoms with van der Waals surface area (Å²) in [5.41, 5.74) is 1.94. The number of rotatable bonds is 10. The van der Waals surface area contributed by atoms with E-state index in [0.29, 0.717) is 48.3 Å². The van der Waals surface area contributed by atoms with E-state index >= 15 is 0 Å². The highest BCUT2D eigenvalue weighted by molar-refractivity contribution is 6.42. The molecular weight excluding hydrogens is 419 g/mol. The minimum absolute atomic E-state index is 0.0588. The smallest absolute Gasteiger partial charge is 0.242 e. The van der Waals surface area contributed by atoms with E-state index in [0.717, 1.165) is 11.1 Å². The van der Waals surface area contributed by atoms with Gasteiger partial charge >= 0.3 is 0 Å². The first-order valence-electron chi connectivity index (χ1n) is 10.4. The van der Waals surface area contributed by atoms with Crippen molar-refractivity contribution in [2.75, 3.05) is 6.54 Å². The summed E-state index contributed by atoms with van der Waals surface area (Å²) in [5, 5.41) is 3.86. The first-order chi connectivity index (χ1) is 14.3. The molecule has 2 rings (SSSR count). The first-order valence-corrected chi connectivity index (χ1v) is 11.1. The van der Waals surface area contributed by atoms with Crippen LogP contribution < -0.4 is 5.32 Å². The fourth-order valence-corrected chi connectivity index (χ4v) is 3.54. The van der Waals surface area contributed by atoms with Crippen LogP contribution in [0.15, 0.2) is 48.5 Å². The standard InChI is InChI=1S/C24H30Cl2N2O2/c1-4-22(24(30)27-15-17(2)3)28(16-19-10-12-20(25)21(26)14-19)23(29)13-11-18-8-6-5-7-9-18/h5-10,12,14,17,22H,4,11,13,15-16H2,1-3H3,(H,27,30). The lowest BCUT2D eigenvalue weighted by Crippen LogP contribution is -2.49. The SMILES string of the molecule is CCC(C(=O)NCC(C)C)N(Cc1ccc(Cl)c(Cl)c1)C(=O)CCc1ccccc1. The fourth-order valence-electron chi connectivity index (χ4n) is 3.22. The lowest BCUT2D eigenvalue weighted by atomic mass is 10.1. The van der Waals surface area contributed by atoms with Gasteiger partial charge in [0.15, 0.2) is 0 Å². The zero-order valence-corrected chi connectivity index (χ0v) is 19.3. The van der Waals surface area contributed by atoms with Gasteiger partial charge in [0.2, 0.25) is 11.8 Å².